The standard InChI is InChI=1S/C119H80N8O4P2/c120-77-100-115(123-105-53-25-15-41-86(105)87-42-16-26-54-106(87)123)117(126-111-59-31-21-49-94(111)96-73-78(61-65-113(96)126)130-71-69-121-101-51-23-13-47-92(101)98-75-84(63-67-103(98)121)132(128,80-33-5-1-6-34-80)81-35-7-2-8-36-81)119(125-109-57-29-19-45-90(109)91-46-20-30-58-110(91)125)118(116(100)124-107-55-27-17-43-88(107)89-44-18-28-56-108(89)124)127-112-60-32-22-50-95(112)97-74-79(62-66-114(97)127)131-72-70-122-102-52-24-14-48-93(102)99-76-85(64-68-104(99)122)133(129,82-37-9-3-10-38-82)83-39-11-4-12-40-83/h1-68,73-76H,69-72H2. The average Bonchev–Trinajstić information content (AvgIpc) is 1.52. The minimum Gasteiger partial charge on any atom is -0.492 e. The van der Waals surface area contributed by atoms with Gasteiger partial charge < -0.3 is 50.6 Å². The second kappa shape index (κ2) is 30.8. The number of benzene rings is 19. The third kappa shape index (κ3) is 11.7. The van der Waals surface area contributed by atoms with Gasteiger partial charge in [0.05, 0.1) is 96.7 Å². The number of nitrogens with zero attached hydrogens (tertiary/aromatic N) is 8. The molecule has 0 radical (unpaired) electrons. The monoisotopic (exact) mass is 1750 g/mol. The third-order valence-electron chi connectivity index (χ3n) is 27.5. The summed E-state index contributed by atoms with van der Waals surface area (Å²) in [6.45, 7) is 1.69. The van der Waals surface area contributed by atoms with E-state index in [1.54, 1.807) is 0 Å². The fourth-order valence-electron chi connectivity index (χ4n) is 21.8. The summed E-state index contributed by atoms with van der Waals surface area (Å²) in [7, 11) is -6.60. The molecule has 0 aliphatic heterocycles. The Kier molecular flexibility index (Phi) is 17.9. The van der Waals surface area contributed by atoms with Crippen LogP contribution in [0.1, 0.15) is 5.56 Å². The minimum absolute atomic E-state index is 0.329. The van der Waals surface area contributed by atoms with Crippen LogP contribution >= 0.6 is 14.3 Å². The highest BCUT2D eigenvalue weighted by Gasteiger charge is 2.39. The Morgan fingerprint density at radius 2 is 0.406 bits per heavy atom. The Labute approximate surface area is 764 Å². The zero-order chi connectivity index (χ0) is 88.2. The average molecular weight is 1750 g/mol. The summed E-state index contributed by atoms with van der Waals surface area (Å²) >= 11 is 0. The Hall–Kier alpha value is -16.7. The van der Waals surface area contributed by atoms with Crippen LogP contribution < -0.4 is 41.3 Å². The van der Waals surface area contributed by atoms with Gasteiger partial charge in [0.25, 0.3) is 0 Å². The van der Waals surface area contributed by atoms with E-state index < -0.39 is 14.3 Å². The molecule has 7 aromatic heterocycles. The fourth-order valence-corrected chi connectivity index (χ4v) is 27.2. The summed E-state index contributed by atoms with van der Waals surface area (Å²) in [6, 6.07) is 155. The lowest BCUT2D eigenvalue weighted by molar-refractivity contribution is 0.302. The highest BCUT2D eigenvalue weighted by Crippen LogP contribution is 2.54. The summed E-state index contributed by atoms with van der Waals surface area (Å²) in [5.41, 5.74) is 17.6. The van der Waals surface area contributed by atoms with Gasteiger partial charge in [-0.1, -0.05) is 303 Å². The van der Waals surface area contributed by atoms with E-state index in [-0.39, 0.29) is 0 Å². The SMILES string of the molecule is N#Cc1c(-n2c3ccccc3c3ccccc32)c(-n2c3ccccc3c3cc(OCCn4c5ccccc5c5cc(P(=O)(c6ccccc6)c6ccccc6)ccc54)ccc32)c(-n2c3ccccc3c3ccccc32)c(-n2c3ccccc3c3cc(OCCn4c5ccccc5c5cc(P(=O)(c6ccccc6)c6ccccc6)ccc54)ccc32)c1-n1c2ccccc2c2ccccc21. The molecule has 133 heavy (non-hydrogen) atoms. The number of rotatable bonds is 19. The first-order valence-electron chi connectivity index (χ1n) is 45.2. The Bertz CT molecular complexity index is 8730. The molecule has 0 atom stereocenters. The lowest BCUT2D eigenvalue weighted by Gasteiger charge is -2.30. The molecule has 26 aromatic rings. The molecule has 0 amide bonds. The molecule has 0 saturated heterocycles. The third-order valence-corrected chi connectivity index (χ3v) is 33.6. The van der Waals surface area contributed by atoms with E-state index in [2.05, 4.69) is 353 Å². The molecular formula is C119H80N8O4P2. The fraction of sp³-hybridized carbons (Fsp3) is 0.0336. The molecule has 14 heteroatoms. The number of ether oxygens (including phenoxy) is 2. The maximum Gasteiger partial charge on any atom is 0.171 e. The highest BCUT2D eigenvalue weighted by molar-refractivity contribution is 7.85. The van der Waals surface area contributed by atoms with E-state index >= 15 is 9.13 Å². The highest BCUT2D eigenvalue weighted by atomic mass is 31.2. The summed E-state index contributed by atoms with van der Waals surface area (Å²) in [5, 5.41) is 32.7. The smallest absolute Gasteiger partial charge is 0.171 e. The molecule has 0 aliphatic carbocycles. The zero-order valence-electron chi connectivity index (χ0n) is 72.0. The van der Waals surface area contributed by atoms with Gasteiger partial charge in [-0.2, -0.15) is 5.26 Å². The van der Waals surface area contributed by atoms with Crippen molar-refractivity contribution in [2.24, 2.45) is 0 Å². The number of para-hydroxylation sites is 10. The van der Waals surface area contributed by atoms with Crippen molar-refractivity contribution >= 4 is 199 Å². The molecule has 0 fully saturated rings. The molecule has 0 saturated carbocycles. The molecule has 0 unspecified atom stereocenters. The van der Waals surface area contributed by atoms with Crippen LogP contribution in [0.25, 0.3) is 181 Å². The van der Waals surface area contributed by atoms with E-state index in [1.165, 1.54) is 0 Å². The molecule has 0 bridgehead atoms. The van der Waals surface area contributed by atoms with Crippen molar-refractivity contribution in [3.63, 3.8) is 0 Å². The van der Waals surface area contributed by atoms with E-state index in [0.29, 0.717) is 54.7 Å². The summed E-state index contributed by atoms with van der Waals surface area (Å²) in [6.07, 6.45) is 0. The lowest BCUT2D eigenvalue weighted by Crippen LogP contribution is -2.24. The van der Waals surface area contributed by atoms with Crippen LogP contribution in [0.3, 0.4) is 0 Å². The first-order chi connectivity index (χ1) is 65.8. The number of nitriles is 1. The van der Waals surface area contributed by atoms with Gasteiger partial charge >= 0.3 is 0 Å². The van der Waals surface area contributed by atoms with Crippen LogP contribution in [0.4, 0.5) is 0 Å². The number of hydrogen-bond acceptors (Lipinski definition) is 5. The van der Waals surface area contributed by atoms with Crippen LogP contribution in [-0.2, 0) is 22.2 Å². The number of aromatic nitrogens is 7. The van der Waals surface area contributed by atoms with E-state index in [4.69, 9.17) is 9.47 Å². The van der Waals surface area contributed by atoms with Crippen molar-refractivity contribution < 1.29 is 18.6 Å². The summed E-state index contributed by atoms with van der Waals surface area (Å²) in [5.74, 6) is 1.39. The molecular weight excluding hydrogens is 1670 g/mol. The number of hydrogen-bond donors (Lipinski definition) is 0. The first kappa shape index (κ1) is 77.5. The van der Waals surface area contributed by atoms with Crippen molar-refractivity contribution in [1.82, 2.24) is 32.0 Å². The molecule has 0 N–H and O–H groups in total. The predicted octanol–water partition coefficient (Wildman–Crippen LogP) is 26.7. The molecule has 0 aliphatic rings. The van der Waals surface area contributed by atoms with Gasteiger partial charge in [-0.05, 0) is 133 Å². The van der Waals surface area contributed by atoms with Crippen molar-refractivity contribution in [2.75, 3.05) is 13.2 Å². The second-order valence-corrected chi connectivity index (χ2v) is 39.9. The van der Waals surface area contributed by atoms with Crippen LogP contribution in [0, 0.1) is 11.3 Å². The lowest BCUT2D eigenvalue weighted by atomic mass is 10.0. The van der Waals surface area contributed by atoms with Crippen LogP contribution in [0.5, 0.6) is 11.5 Å². The maximum atomic E-state index is 15.9. The van der Waals surface area contributed by atoms with Crippen LogP contribution in [0.2, 0.25) is 0 Å². The molecule has 7 heterocycles. The van der Waals surface area contributed by atoms with E-state index in [9.17, 15) is 5.26 Å². The summed E-state index contributed by atoms with van der Waals surface area (Å²) < 4.78 is 63.1. The van der Waals surface area contributed by atoms with Gasteiger partial charge in [0.1, 0.15) is 36.3 Å². The largest absolute Gasteiger partial charge is 0.492 e. The van der Waals surface area contributed by atoms with Gasteiger partial charge in [0.15, 0.2) is 14.3 Å². The van der Waals surface area contributed by atoms with Crippen molar-refractivity contribution in [3.8, 4) is 46.0 Å². The van der Waals surface area contributed by atoms with Gasteiger partial charge in [-0.15, -0.1) is 0 Å². The molecule has 19 aromatic carbocycles. The topological polar surface area (TPSA) is 111 Å². The van der Waals surface area contributed by atoms with Crippen molar-refractivity contribution in [3.05, 3.63) is 442 Å². The number of fused-ring (bicyclic) bond motifs is 21. The van der Waals surface area contributed by atoms with Crippen molar-refractivity contribution in [1.29, 1.82) is 5.26 Å². The van der Waals surface area contributed by atoms with E-state index in [1.807, 2.05) is 121 Å². The van der Waals surface area contributed by atoms with Crippen LogP contribution in [0.15, 0.2) is 437 Å². The first-order valence-corrected chi connectivity index (χ1v) is 48.6. The van der Waals surface area contributed by atoms with Gasteiger partial charge in [0, 0.05) is 129 Å². The second-order valence-electron chi connectivity index (χ2n) is 34.4. The van der Waals surface area contributed by atoms with Gasteiger partial charge in [0.2, 0.25) is 0 Å². The molecule has 26 rings (SSSR count). The van der Waals surface area contributed by atoms with Gasteiger partial charge in [-0.25, -0.2) is 0 Å². The van der Waals surface area contributed by atoms with Crippen molar-refractivity contribution in [2.45, 2.75) is 13.1 Å². The summed E-state index contributed by atoms with van der Waals surface area (Å²) in [4.78, 5) is 0. The van der Waals surface area contributed by atoms with Crippen LogP contribution in [-0.4, -0.2) is 45.2 Å². The van der Waals surface area contributed by atoms with Gasteiger partial charge in [-0.3, -0.25) is 0 Å². The van der Waals surface area contributed by atoms with E-state index in [0.717, 1.165) is 202 Å². The molecule has 12 nitrogen and oxygen atoms in total. The Morgan fingerprint density at radius 3 is 0.684 bits per heavy atom. The predicted molar refractivity (Wildman–Crippen MR) is 552 cm³/mol. The maximum absolute atomic E-state index is 15.9. The quantitative estimate of drug-likeness (QED) is 0.0749. The molecule has 630 valence electrons. The normalized spacial score (nSPS) is 12.2. The Balaban J connectivity index is 0.700. The minimum atomic E-state index is -3.30. The zero-order valence-corrected chi connectivity index (χ0v) is 73.8. The Morgan fingerprint density at radius 1 is 0.203 bits per heavy atom. The molecule has 0 spiro atoms.